The van der Waals surface area contributed by atoms with Crippen molar-refractivity contribution >= 4 is 17.2 Å². The Hall–Kier alpha value is -1.85. The molecule has 2 aromatic rings. The van der Waals surface area contributed by atoms with E-state index < -0.39 is 0 Å². The van der Waals surface area contributed by atoms with Gasteiger partial charge < -0.3 is 14.7 Å². The first kappa shape index (κ1) is 16.0. The first-order chi connectivity index (χ1) is 11.2. The van der Waals surface area contributed by atoms with Crippen LogP contribution in [0.2, 0.25) is 0 Å². The molecule has 4 nitrogen and oxygen atoms in total. The Balaban J connectivity index is 1.82. The number of aliphatic hydroxyl groups excluding tert-OH is 1. The van der Waals surface area contributed by atoms with Crippen LogP contribution in [-0.4, -0.2) is 42.7 Å². The first-order valence-corrected chi connectivity index (χ1v) is 8.68. The lowest BCUT2D eigenvalue weighted by Crippen LogP contribution is -2.39. The van der Waals surface area contributed by atoms with Crippen LogP contribution in [0.15, 0.2) is 36.4 Å². The minimum atomic E-state index is 0.0328. The molecule has 1 saturated heterocycles. The highest BCUT2D eigenvalue weighted by atomic mass is 32.1. The van der Waals surface area contributed by atoms with Crippen LogP contribution < -0.4 is 4.74 Å². The van der Waals surface area contributed by atoms with E-state index in [2.05, 4.69) is 0 Å². The second kappa shape index (κ2) is 7.15. The highest BCUT2D eigenvalue weighted by Gasteiger charge is 2.27. The second-order valence-electron chi connectivity index (χ2n) is 5.79. The Morgan fingerprint density at radius 1 is 1.30 bits per heavy atom. The number of methoxy groups -OCH3 is 1. The largest absolute Gasteiger partial charge is 0.495 e. The molecular formula is C18H21NO3S. The zero-order valence-corrected chi connectivity index (χ0v) is 14.0. The number of piperidine rings is 1. The zero-order chi connectivity index (χ0) is 16.2. The van der Waals surface area contributed by atoms with Crippen LogP contribution in [0.1, 0.15) is 22.5 Å². The predicted octanol–water partition coefficient (Wildman–Crippen LogP) is 3.27. The van der Waals surface area contributed by atoms with E-state index in [1.165, 1.54) is 11.3 Å². The van der Waals surface area contributed by atoms with Crippen LogP contribution in [-0.2, 0) is 0 Å². The molecule has 0 atom stereocenters. The maximum Gasteiger partial charge on any atom is 0.267 e. The van der Waals surface area contributed by atoms with Gasteiger partial charge in [0.15, 0.2) is 0 Å². The monoisotopic (exact) mass is 331 g/mol. The molecule has 1 aromatic carbocycles. The number of ether oxygens (including phenoxy) is 1. The summed E-state index contributed by atoms with van der Waals surface area (Å²) in [6, 6.07) is 12.0. The van der Waals surface area contributed by atoms with Gasteiger partial charge in [0.05, 0.1) is 7.11 Å². The van der Waals surface area contributed by atoms with Gasteiger partial charge in [0.2, 0.25) is 0 Å². The van der Waals surface area contributed by atoms with Gasteiger partial charge >= 0.3 is 0 Å². The molecule has 2 heterocycles. The summed E-state index contributed by atoms with van der Waals surface area (Å²) in [5.41, 5.74) is 1.09. The van der Waals surface area contributed by atoms with Crippen molar-refractivity contribution in [1.82, 2.24) is 4.90 Å². The van der Waals surface area contributed by atoms with Gasteiger partial charge in [0, 0.05) is 24.6 Å². The number of rotatable bonds is 4. The van der Waals surface area contributed by atoms with E-state index in [0.717, 1.165) is 23.3 Å². The third-order valence-electron chi connectivity index (χ3n) is 4.33. The second-order valence-corrected chi connectivity index (χ2v) is 6.84. The SMILES string of the molecule is COc1cc(-c2ccccc2)sc1C(=O)N1CCC(CO)CC1. The van der Waals surface area contributed by atoms with Crippen molar-refractivity contribution in [2.24, 2.45) is 5.92 Å². The molecule has 5 heteroatoms. The van der Waals surface area contributed by atoms with Gasteiger partial charge in [0.25, 0.3) is 5.91 Å². The van der Waals surface area contributed by atoms with Crippen molar-refractivity contribution in [1.29, 1.82) is 0 Å². The molecule has 1 amide bonds. The highest BCUT2D eigenvalue weighted by Crippen LogP contribution is 2.37. The van der Waals surface area contributed by atoms with Gasteiger partial charge in [-0.1, -0.05) is 30.3 Å². The van der Waals surface area contributed by atoms with Gasteiger partial charge in [-0.3, -0.25) is 4.79 Å². The van der Waals surface area contributed by atoms with Crippen molar-refractivity contribution in [3.63, 3.8) is 0 Å². The van der Waals surface area contributed by atoms with Gasteiger partial charge in [-0.15, -0.1) is 11.3 Å². The summed E-state index contributed by atoms with van der Waals surface area (Å²) in [5, 5.41) is 9.22. The Morgan fingerprint density at radius 3 is 2.61 bits per heavy atom. The number of hydrogen-bond acceptors (Lipinski definition) is 4. The Bertz CT molecular complexity index is 660. The number of aliphatic hydroxyl groups is 1. The van der Waals surface area contributed by atoms with E-state index in [1.54, 1.807) is 7.11 Å². The maximum absolute atomic E-state index is 12.8. The van der Waals surface area contributed by atoms with Gasteiger partial charge in [0.1, 0.15) is 10.6 Å². The average molecular weight is 331 g/mol. The Morgan fingerprint density at radius 2 is 2.00 bits per heavy atom. The summed E-state index contributed by atoms with van der Waals surface area (Å²) in [6.07, 6.45) is 1.73. The van der Waals surface area contributed by atoms with Crippen LogP contribution in [0.4, 0.5) is 0 Å². The molecule has 1 N–H and O–H groups in total. The summed E-state index contributed by atoms with van der Waals surface area (Å²) in [7, 11) is 1.60. The molecule has 0 unspecified atom stereocenters. The lowest BCUT2D eigenvalue weighted by atomic mass is 9.98. The van der Waals surface area contributed by atoms with Crippen molar-refractivity contribution < 1.29 is 14.6 Å². The molecule has 0 bridgehead atoms. The van der Waals surface area contributed by atoms with Gasteiger partial charge in [-0.05, 0) is 30.4 Å². The number of nitrogens with zero attached hydrogens (tertiary/aromatic N) is 1. The number of benzene rings is 1. The third kappa shape index (κ3) is 3.41. The van der Waals surface area contributed by atoms with E-state index >= 15 is 0 Å². The van der Waals surface area contributed by atoms with E-state index in [-0.39, 0.29) is 12.5 Å². The van der Waals surface area contributed by atoms with E-state index in [1.807, 2.05) is 41.3 Å². The first-order valence-electron chi connectivity index (χ1n) is 7.86. The molecule has 0 spiro atoms. The normalized spacial score (nSPS) is 15.7. The summed E-state index contributed by atoms with van der Waals surface area (Å²) in [5.74, 6) is 0.998. The van der Waals surface area contributed by atoms with Crippen LogP contribution in [0.3, 0.4) is 0 Å². The molecule has 1 aromatic heterocycles. The fraction of sp³-hybridized carbons (Fsp3) is 0.389. The fourth-order valence-corrected chi connectivity index (χ4v) is 3.98. The molecule has 23 heavy (non-hydrogen) atoms. The average Bonchev–Trinajstić information content (AvgIpc) is 3.06. The Labute approximate surface area is 140 Å². The molecule has 0 radical (unpaired) electrons. The van der Waals surface area contributed by atoms with E-state index in [9.17, 15) is 9.90 Å². The number of amides is 1. The lowest BCUT2D eigenvalue weighted by molar-refractivity contribution is 0.0653. The minimum absolute atomic E-state index is 0.0328. The predicted molar refractivity (Wildman–Crippen MR) is 92.0 cm³/mol. The zero-order valence-electron chi connectivity index (χ0n) is 13.2. The van der Waals surface area contributed by atoms with Crippen molar-refractivity contribution in [2.45, 2.75) is 12.8 Å². The van der Waals surface area contributed by atoms with Crippen molar-refractivity contribution in [3.05, 3.63) is 41.3 Å². The maximum atomic E-state index is 12.8. The molecule has 122 valence electrons. The lowest BCUT2D eigenvalue weighted by Gasteiger charge is -2.30. The van der Waals surface area contributed by atoms with E-state index in [4.69, 9.17) is 4.74 Å². The molecule has 1 aliphatic rings. The summed E-state index contributed by atoms with van der Waals surface area (Å²) < 4.78 is 5.42. The van der Waals surface area contributed by atoms with Crippen LogP contribution >= 0.6 is 11.3 Å². The van der Waals surface area contributed by atoms with Crippen molar-refractivity contribution in [2.75, 3.05) is 26.8 Å². The summed E-state index contributed by atoms with van der Waals surface area (Å²) in [4.78, 5) is 16.4. The van der Waals surface area contributed by atoms with E-state index in [0.29, 0.717) is 29.6 Å². The third-order valence-corrected chi connectivity index (χ3v) is 5.48. The van der Waals surface area contributed by atoms with Crippen molar-refractivity contribution in [3.8, 4) is 16.2 Å². The van der Waals surface area contributed by atoms with Crippen LogP contribution in [0.25, 0.3) is 10.4 Å². The highest BCUT2D eigenvalue weighted by molar-refractivity contribution is 7.17. The summed E-state index contributed by atoms with van der Waals surface area (Å²) >= 11 is 1.48. The summed E-state index contributed by atoms with van der Waals surface area (Å²) in [6.45, 7) is 1.61. The number of likely N-dealkylation sites (tertiary alicyclic amines) is 1. The standard InChI is InChI=1S/C18H21NO3S/c1-22-15-11-16(14-5-3-2-4-6-14)23-17(15)18(21)19-9-7-13(12-20)8-10-19/h2-6,11,13,20H,7-10,12H2,1H3. The molecule has 1 fully saturated rings. The Kier molecular flexibility index (Phi) is 4.98. The molecular weight excluding hydrogens is 310 g/mol. The minimum Gasteiger partial charge on any atom is -0.495 e. The number of carbonyl (C=O) groups is 1. The number of hydrogen-bond donors (Lipinski definition) is 1. The van der Waals surface area contributed by atoms with Gasteiger partial charge in [-0.2, -0.15) is 0 Å². The van der Waals surface area contributed by atoms with Gasteiger partial charge in [-0.25, -0.2) is 0 Å². The molecule has 0 aliphatic carbocycles. The smallest absolute Gasteiger partial charge is 0.267 e. The van der Waals surface area contributed by atoms with Crippen LogP contribution in [0, 0.1) is 5.92 Å². The molecule has 1 aliphatic heterocycles. The molecule has 0 saturated carbocycles. The topological polar surface area (TPSA) is 49.8 Å². The fourth-order valence-electron chi connectivity index (χ4n) is 2.88. The van der Waals surface area contributed by atoms with Crippen LogP contribution in [0.5, 0.6) is 5.75 Å². The quantitative estimate of drug-likeness (QED) is 0.935. The molecule has 3 rings (SSSR count). The number of thiophene rings is 1. The number of carbonyl (C=O) groups excluding carboxylic acids is 1.